The molecule has 0 amide bonds. The van der Waals surface area contributed by atoms with Crippen LogP contribution < -0.4 is 10.9 Å². The molecule has 0 aliphatic heterocycles. The topological polar surface area (TPSA) is 34.0 Å². The van der Waals surface area contributed by atoms with Gasteiger partial charge in [0.25, 0.3) is 5.56 Å². The number of aryl methyl sites for hydroxylation is 1. The molecule has 1 aliphatic carbocycles. The van der Waals surface area contributed by atoms with Crippen molar-refractivity contribution in [2.75, 3.05) is 11.9 Å². The first-order valence-electron chi connectivity index (χ1n) is 8.08. The van der Waals surface area contributed by atoms with Gasteiger partial charge in [0.05, 0.1) is 5.52 Å². The SMILES string of the molecule is Cn1c(=O)cc(NCCC2CCCCC2)c2ccccc21. The lowest BCUT2D eigenvalue weighted by Crippen LogP contribution is -2.18. The minimum Gasteiger partial charge on any atom is -0.384 e. The predicted octanol–water partition coefficient (Wildman–Crippen LogP) is 3.92. The summed E-state index contributed by atoms with van der Waals surface area (Å²) >= 11 is 0. The molecule has 2 aromatic rings. The zero-order chi connectivity index (χ0) is 14.7. The number of aromatic nitrogens is 1. The number of anilines is 1. The van der Waals surface area contributed by atoms with Gasteiger partial charge in [-0.05, 0) is 18.4 Å². The van der Waals surface area contributed by atoms with Crippen LogP contribution in [0.2, 0.25) is 0 Å². The second-order valence-electron chi connectivity index (χ2n) is 6.19. The van der Waals surface area contributed by atoms with Crippen molar-refractivity contribution in [3.05, 3.63) is 40.7 Å². The minimum atomic E-state index is 0.0499. The Morgan fingerprint density at radius 3 is 2.76 bits per heavy atom. The third kappa shape index (κ3) is 3.12. The zero-order valence-electron chi connectivity index (χ0n) is 12.8. The average Bonchev–Trinajstić information content (AvgIpc) is 2.53. The van der Waals surface area contributed by atoms with Gasteiger partial charge in [0, 0.05) is 30.7 Å². The molecule has 21 heavy (non-hydrogen) atoms. The molecule has 1 saturated carbocycles. The zero-order valence-corrected chi connectivity index (χ0v) is 12.8. The molecule has 0 saturated heterocycles. The first kappa shape index (κ1) is 14.2. The molecule has 3 rings (SSSR count). The highest BCUT2D eigenvalue weighted by Crippen LogP contribution is 2.27. The van der Waals surface area contributed by atoms with Crippen LogP contribution in [0.3, 0.4) is 0 Å². The highest BCUT2D eigenvalue weighted by atomic mass is 16.1. The van der Waals surface area contributed by atoms with Crippen LogP contribution in [0.4, 0.5) is 5.69 Å². The van der Waals surface area contributed by atoms with Crippen molar-refractivity contribution >= 4 is 16.6 Å². The van der Waals surface area contributed by atoms with Crippen LogP contribution in [0, 0.1) is 5.92 Å². The molecule has 3 heteroatoms. The maximum atomic E-state index is 12.0. The summed E-state index contributed by atoms with van der Waals surface area (Å²) in [6, 6.07) is 9.82. The molecular formula is C18H24N2O. The van der Waals surface area contributed by atoms with E-state index in [0.29, 0.717) is 0 Å². The van der Waals surface area contributed by atoms with Gasteiger partial charge in [0.15, 0.2) is 0 Å². The third-order valence-electron chi connectivity index (χ3n) is 4.75. The molecule has 1 heterocycles. The molecule has 1 fully saturated rings. The first-order valence-corrected chi connectivity index (χ1v) is 8.08. The maximum absolute atomic E-state index is 12.0. The van der Waals surface area contributed by atoms with Gasteiger partial charge in [0.1, 0.15) is 0 Å². The number of hydrogen-bond donors (Lipinski definition) is 1. The van der Waals surface area contributed by atoms with Gasteiger partial charge < -0.3 is 9.88 Å². The number of nitrogens with one attached hydrogen (secondary N) is 1. The fourth-order valence-electron chi connectivity index (χ4n) is 3.44. The Morgan fingerprint density at radius 1 is 1.19 bits per heavy atom. The molecule has 0 unspecified atom stereocenters. The number of rotatable bonds is 4. The van der Waals surface area contributed by atoms with E-state index in [2.05, 4.69) is 11.4 Å². The summed E-state index contributed by atoms with van der Waals surface area (Å²) in [7, 11) is 1.83. The lowest BCUT2D eigenvalue weighted by Gasteiger charge is -2.22. The Kier molecular flexibility index (Phi) is 4.28. The van der Waals surface area contributed by atoms with E-state index in [-0.39, 0.29) is 5.56 Å². The van der Waals surface area contributed by atoms with Gasteiger partial charge in [-0.15, -0.1) is 0 Å². The quantitative estimate of drug-likeness (QED) is 0.923. The van der Waals surface area contributed by atoms with Gasteiger partial charge in [-0.2, -0.15) is 0 Å². The largest absolute Gasteiger partial charge is 0.384 e. The van der Waals surface area contributed by atoms with E-state index in [1.54, 1.807) is 10.6 Å². The molecule has 112 valence electrons. The first-order chi connectivity index (χ1) is 10.3. The van der Waals surface area contributed by atoms with E-state index in [9.17, 15) is 4.79 Å². The van der Waals surface area contributed by atoms with Gasteiger partial charge in [-0.3, -0.25) is 4.79 Å². The lowest BCUT2D eigenvalue weighted by molar-refractivity contribution is 0.345. The Hall–Kier alpha value is -1.77. The van der Waals surface area contributed by atoms with Crippen LogP contribution in [0.25, 0.3) is 10.9 Å². The van der Waals surface area contributed by atoms with Gasteiger partial charge in [-0.1, -0.05) is 50.3 Å². The lowest BCUT2D eigenvalue weighted by atomic mass is 9.87. The molecule has 0 atom stereocenters. The molecule has 1 aliphatic rings. The van der Waals surface area contributed by atoms with Crippen molar-refractivity contribution in [3.8, 4) is 0 Å². The molecule has 0 spiro atoms. The second kappa shape index (κ2) is 6.33. The second-order valence-corrected chi connectivity index (χ2v) is 6.19. The fraction of sp³-hybridized carbons (Fsp3) is 0.500. The number of benzene rings is 1. The number of fused-ring (bicyclic) bond motifs is 1. The Labute approximate surface area is 126 Å². The highest BCUT2D eigenvalue weighted by molar-refractivity contribution is 5.91. The monoisotopic (exact) mass is 284 g/mol. The standard InChI is InChI=1S/C18H24N2O/c1-20-17-10-6-5-9-15(17)16(13-18(20)21)19-12-11-14-7-3-2-4-8-14/h5-6,9-10,13-14,19H,2-4,7-8,11-12H2,1H3. The Balaban J connectivity index is 1.74. The third-order valence-corrected chi connectivity index (χ3v) is 4.75. The van der Waals surface area contributed by atoms with E-state index in [4.69, 9.17) is 0 Å². The van der Waals surface area contributed by atoms with Crippen molar-refractivity contribution < 1.29 is 0 Å². The van der Waals surface area contributed by atoms with Crippen LogP contribution in [-0.4, -0.2) is 11.1 Å². The summed E-state index contributed by atoms with van der Waals surface area (Å²) in [6.45, 7) is 0.960. The van der Waals surface area contributed by atoms with Crippen molar-refractivity contribution in [2.24, 2.45) is 13.0 Å². The summed E-state index contributed by atoms with van der Waals surface area (Å²) < 4.78 is 1.71. The van der Waals surface area contributed by atoms with E-state index in [1.807, 2.05) is 25.2 Å². The van der Waals surface area contributed by atoms with Crippen LogP contribution in [0.5, 0.6) is 0 Å². The molecule has 1 aromatic carbocycles. The van der Waals surface area contributed by atoms with Crippen molar-refractivity contribution in [1.29, 1.82) is 0 Å². The van der Waals surface area contributed by atoms with Crippen LogP contribution in [0.1, 0.15) is 38.5 Å². The van der Waals surface area contributed by atoms with E-state index >= 15 is 0 Å². The van der Waals surface area contributed by atoms with Crippen LogP contribution >= 0.6 is 0 Å². The Bertz CT molecular complexity index is 668. The number of pyridine rings is 1. The highest BCUT2D eigenvalue weighted by Gasteiger charge is 2.13. The van der Waals surface area contributed by atoms with Crippen molar-refractivity contribution in [3.63, 3.8) is 0 Å². The predicted molar refractivity (Wildman–Crippen MR) is 88.9 cm³/mol. The molecular weight excluding hydrogens is 260 g/mol. The molecule has 0 bridgehead atoms. The molecule has 3 nitrogen and oxygen atoms in total. The summed E-state index contributed by atoms with van der Waals surface area (Å²) in [6.07, 6.45) is 8.14. The summed E-state index contributed by atoms with van der Waals surface area (Å²) in [5.74, 6) is 0.865. The molecule has 1 aromatic heterocycles. The van der Waals surface area contributed by atoms with Crippen LogP contribution in [0.15, 0.2) is 35.1 Å². The van der Waals surface area contributed by atoms with E-state index in [0.717, 1.165) is 29.1 Å². The van der Waals surface area contributed by atoms with Crippen molar-refractivity contribution in [1.82, 2.24) is 4.57 Å². The summed E-state index contributed by atoms with van der Waals surface area (Å²) in [4.78, 5) is 12.0. The smallest absolute Gasteiger partial charge is 0.252 e. The van der Waals surface area contributed by atoms with Crippen LogP contribution in [-0.2, 0) is 7.05 Å². The Morgan fingerprint density at radius 2 is 1.95 bits per heavy atom. The minimum absolute atomic E-state index is 0.0499. The fourth-order valence-corrected chi connectivity index (χ4v) is 3.44. The number of hydrogen-bond acceptors (Lipinski definition) is 2. The maximum Gasteiger partial charge on any atom is 0.252 e. The summed E-state index contributed by atoms with van der Waals surface area (Å²) in [5, 5.41) is 4.62. The van der Waals surface area contributed by atoms with E-state index in [1.165, 1.54) is 38.5 Å². The van der Waals surface area contributed by atoms with Gasteiger partial charge in [-0.25, -0.2) is 0 Å². The summed E-state index contributed by atoms with van der Waals surface area (Å²) in [5.41, 5.74) is 2.02. The van der Waals surface area contributed by atoms with Gasteiger partial charge in [0.2, 0.25) is 0 Å². The van der Waals surface area contributed by atoms with Gasteiger partial charge >= 0.3 is 0 Å². The average molecular weight is 284 g/mol. The number of nitrogens with zero attached hydrogens (tertiary/aromatic N) is 1. The van der Waals surface area contributed by atoms with E-state index < -0.39 is 0 Å². The molecule has 1 N–H and O–H groups in total. The van der Waals surface area contributed by atoms with Crippen molar-refractivity contribution in [2.45, 2.75) is 38.5 Å². The number of para-hydroxylation sites is 1. The molecule has 0 radical (unpaired) electrons. The normalized spacial score (nSPS) is 16.2.